The molecular formula is C14H26N4O2. The van der Waals surface area contributed by atoms with E-state index in [4.69, 9.17) is 4.74 Å². The van der Waals surface area contributed by atoms with Crippen molar-refractivity contribution in [3.63, 3.8) is 0 Å². The maximum absolute atomic E-state index is 12.0. The molecule has 2 N–H and O–H groups in total. The first-order valence-electron chi connectivity index (χ1n) is 7.63. The number of guanidine groups is 1. The number of aliphatic imine (C=N–C) groups is 1. The van der Waals surface area contributed by atoms with E-state index in [9.17, 15) is 4.79 Å². The number of piperidine rings is 1. The molecule has 6 heteroatoms. The molecule has 2 rings (SSSR count). The number of carbonyl (C=O) groups is 1. The van der Waals surface area contributed by atoms with E-state index in [-0.39, 0.29) is 12.0 Å². The van der Waals surface area contributed by atoms with Crippen LogP contribution in [0.3, 0.4) is 0 Å². The largest absolute Gasteiger partial charge is 0.376 e. The summed E-state index contributed by atoms with van der Waals surface area (Å²) >= 11 is 0. The second-order valence-electron chi connectivity index (χ2n) is 5.38. The Bertz CT molecular complexity index is 334. The molecule has 0 aromatic rings. The van der Waals surface area contributed by atoms with E-state index in [1.165, 1.54) is 6.42 Å². The molecule has 0 aromatic heterocycles. The Balaban J connectivity index is 1.66. The van der Waals surface area contributed by atoms with Crippen molar-refractivity contribution in [3.8, 4) is 0 Å². The zero-order valence-corrected chi connectivity index (χ0v) is 12.4. The topological polar surface area (TPSA) is 66.0 Å². The molecule has 6 nitrogen and oxygen atoms in total. The van der Waals surface area contributed by atoms with Crippen LogP contribution in [0.4, 0.5) is 0 Å². The van der Waals surface area contributed by atoms with Gasteiger partial charge in [0.05, 0.1) is 12.6 Å². The van der Waals surface area contributed by atoms with Gasteiger partial charge in [0.2, 0.25) is 5.91 Å². The third kappa shape index (κ3) is 4.67. The van der Waals surface area contributed by atoms with Crippen LogP contribution in [-0.2, 0) is 9.53 Å². The Morgan fingerprint density at radius 1 is 1.25 bits per heavy atom. The quantitative estimate of drug-likeness (QED) is 0.576. The van der Waals surface area contributed by atoms with E-state index < -0.39 is 0 Å². The number of nitrogens with one attached hydrogen (secondary N) is 2. The van der Waals surface area contributed by atoms with Crippen LogP contribution in [0.15, 0.2) is 4.99 Å². The maximum atomic E-state index is 12.0. The first-order valence-corrected chi connectivity index (χ1v) is 7.63. The Morgan fingerprint density at radius 2 is 2.05 bits per heavy atom. The number of hydrogen-bond donors (Lipinski definition) is 2. The molecule has 0 radical (unpaired) electrons. The second kappa shape index (κ2) is 8.09. The first kappa shape index (κ1) is 15.1. The molecule has 114 valence electrons. The van der Waals surface area contributed by atoms with Gasteiger partial charge in [0.25, 0.3) is 0 Å². The van der Waals surface area contributed by atoms with Gasteiger partial charge in [-0.1, -0.05) is 0 Å². The second-order valence-corrected chi connectivity index (χ2v) is 5.38. The van der Waals surface area contributed by atoms with Crippen LogP contribution in [0.2, 0.25) is 0 Å². The number of carbonyl (C=O) groups excluding carboxylic acids is 1. The van der Waals surface area contributed by atoms with Gasteiger partial charge in [-0.2, -0.15) is 0 Å². The molecule has 0 spiro atoms. The average molecular weight is 282 g/mol. The van der Waals surface area contributed by atoms with Gasteiger partial charge in [-0.3, -0.25) is 9.79 Å². The number of ether oxygens (including phenoxy) is 1. The van der Waals surface area contributed by atoms with Gasteiger partial charge in [-0.05, 0) is 32.1 Å². The highest BCUT2D eigenvalue weighted by molar-refractivity contribution is 5.86. The molecule has 2 aliphatic rings. The van der Waals surface area contributed by atoms with E-state index >= 15 is 0 Å². The maximum Gasteiger partial charge on any atom is 0.241 e. The molecule has 0 saturated carbocycles. The van der Waals surface area contributed by atoms with Gasteiger partial charge in [0, 0.05) is 33.3 Å². The van der Waals surface area contributed by atoms with Gasteiger partial charge in [0.15, 0.2) is 5.96 Å². The van der Waals surface area contributed by atoms with Gasteiger partial charge in [0.1, 0.15) is 0 Å². The predicted molar refractivity (Wildman–Crippen MR) is 78.8 cm³/mol. The SMILES string of the molecule is CN=C(NCC(=O)N1CCCCC1)NCC1CCCO1. The van der Waals surface area contributed by atoms with Crippen LogP contribution in [-0.4, -0.2) is 62.7 Å². The van der Waals surface area contributed by atoms with E-state index in [2.05, 4.69) is 15.6 Å². The molecule has 2 saturated heterocycles. The highest BCUT2D eigenvalue weighted by Crippen LogP contribution is 2.10. The average Bonchev–Trinajstić information content (AvgIpc) is 3.01. The van der Waals surface area contributed by atoms with Crippen LogP contribution < -0.4 is 10.6 Å². The third-order valence-corrected chi connectivity index (χ3v) is 3.86. The number of nitrogens with zero attached hydrogens (tertiary/aromatic N) is 2. The number of rotatable bonds is 4. The van der Waals surface area contributed by atoms with E-state index in [1.54, 1.807) is 7.05 Å². The van der Waals surface area contributed by atoms with Crippen molar-refractivity contribution in [2.75, 3.05) is 39.8 Å². The van der Waals surface area contributed by atoms with Crippen molar-refractivity contribution < 1.29 is 9.53 Å². The molecule has 1 unspecified atom stereocenters. The zero-order chi connectivity index (χ0) is 14.2. The lowest BCUT2D eigenvalue weighted by atomic mass is 10.1. The number of hydrogen-bond acceptors (Lipinski definition) is 3. The summed E-state index contributed by atoms with van der Waals surface area (Å²) in [5.41, 5.74) is 0. The van der Waals surface area contributed by atoms with Crippen molar-refractivity contribution in [2.24, 2.45) is 4.99 Å². The highest BCUT2D eigenvalue weighted by Gasteiger charge is 2.18. The number of likely N-dealkylation sites (tertiary alicyclic amines) is 1. The van der Waals surface area contributed by atoms with Crippen molar-refractivity contribution >= 4 is 11.9 Å². The minimum Gasteiger partial charge on any atom is -0.376 e. The Hall–Kier alpha value is -1.30. The Kier molecular flexibility index (Phi) is 6.11. The standard InChI is InChI=1S/C14H26N4O2/c1-15-14(16-10-12-6-5-9-20-12)17-11-13(19)18-7-3-2-4-8-18/h12H,2-11H2,1H3,(H2,15,16,17). The van der Waals surface area contributed by atoms with Gasteiger partial charge in [-0.15, -0.1) is 0 Å². The van der Waals surface area contributed by atoms with Gasteiger partial charge >= 0.3 is 0 Å². The van der Waals surface area contributed by atoms with Gasteiger partial charge < -0.3 is 20.3 Å². The third-order valence-electron chi connectivity index (χ3n) is 3.86. The van der Waals surface area contributed by atoms with E-state index in [1.807, 2.05) is 4.90 Å². The fourth-order valence-electron chi connectivity index (χ4n) is 2.65. The lowest BCUT2D eigenvalue weighted by Crippen LogP contribution is -2.47. The molecule has 2 aliphatic heterocycles. The molecular weight excluding hydrogens is 256 g/mol. The van der Waals surface area contributed by atoms with Gasteiger partial charge in [-0.25, -0.2) is 0 Å². The molecule has 20 heavy (non-hydrogen) atoms. The summed E-state index contributed by atoms with van der Waals surface area (Å²) in [5, 5.41) is 6.30. The van der Waals surface area contributed by atoms with E-state index in [0.717, 1.165) is 51.9 Å². The summed E-state index contributed by atoms with van der Waals surface area (Å²) < 4.78 is 5.55. The number of amides is 1. The highest BCUT2D eigenvalue weighted by atomic mass is 16.5. The summed E-state index contributed by atoms with van der Waals surface area (Å²) in [6.07, 6.45) is 5.98. The zero-order valence-electron chi connectivity index (χ0n) is 12.4. The Labute approximate surface area is 121 Å². The smallest absolute Gasteiger partial charge is 0.241 e. The van der Waals surface area contributed by atoms with Crippen molar-refractivity contribution in [1.29, 1.82) is 0 Å². The minimum atomic E-state index is 0.157. The van der Waals surface area contributed by atoms with Crippen LogP contribution in [0, 0.1) is 0 Å². The Morgan fingerprint density at radius 3 is 2.70 bits per heavy atom. The lowest BCUT2D eigenvalue weighted by Gasteiger charge is -2.27. The molecule has 2 fully saturated rings. The fraction of sp³-hybridized carbons (Fsp3) is 0.857. The summed E-state index contributed by atoms with van der Waals surface area (Å²) in [6.45, 7) is 3.69. The monoisotopic (exact) mass is 282 g/mol. The van der Waals surface area contributed by atoms with Crippen LogP contribution in [0.5, 0.6) is 0 Å². The van der Waals surface area contributed by atoms with Crippen molar-refractivity contribution in [1.82, 2.24) is 15.5 Å². The summed E-state index contributed by atoms with van der Waals surface area (Å²) in [7, 11) is 1.72. The molecule has 0 aromatic carbocycles. The van der Waals surface area contributed by atoms with Crippen LogP contribution in [0.25, 0.3) is 0 Å². The lowest BCUT2D eigenvalue weighted by molar-refractivity contribution is -0.130. The van der Waals surface area contributed by atoms with E-state index in [0.29, 0.717) is 12.5 Å². The molecule has 1 atom stereocenters. The molecule has 2 heterocycles. The normalized spacial score (nSPS) is 23.8. The molecule has 1 amide bonds. The van der Waals surface area contributed by atoms with Crippen molar-refractivity contribution in [2.45, 2.75) is 38.2 Å². The first-order chi connectivity index (χ1) is 9.79. The summed E-state index contributed by atoms with van der Waals surface area (Å²) in [6, 6.07) is 0. The molecule has 0 aliphatic carbocycles. The predicted octanol–water partition coefficient (Wildman–Crippen LogP) is 0.343. The summed E-state index contributed by atoms with van der Waals surface area (Å²) in [4.78, 5) is 18.1. The van der Waals surface area contributed by atoms with Crippen LogP contribution in [0.1, 0.15) is 32.1 Å². The summed E-state index contributed by atoms with van der Waals surface area (Å²) in [5.74, 6) is 0.829. The minimum absolute atomic E-state index is 0.157. The fourth-order valence-corrected chi connectivity index (χ4v) is 2.65. The molecule has 0 bridgehead atoms. The van der Waals surface area contributed by atoms with Crippen molar-refractivity contribution in [3.05, 3.63) is 0 Å². The van der Waals surface area contributed by atoms with Crippen LogP contribution >= 0.6 is 0 Å².